The molecule has 100 valence electrons. The largest absolute Gasteiger partial charge is 0.399 e. The maximum atomic E-state index is 12.2. The average molecular weight is 395 g/mol. The van der Waals surface area contributed by atoms with Gasteiger partial charge < -0.3 is 5.73 Å². The molecule has 0 bridgehead atoms. The second-order valence-corrected chi connectivity index (χ2v) is 6.37. The first-order valence-electron chi connectivity index (χ1n) is 5.85. The highest BCUT2D eigenvalue weighted by atomic mass is 127. The summed E-state index contributed by atoms with van der Waals surface area (Å²) in [5.41, 5.74) is 7.91. The Kier molecular flexibility index (Phi) is 3.58. The predicted molar refractivity (Wildman–Crippen MR) is 91.1 cm³/mol. The van der Waals surface area contributed by atoms with Crippen molar-refractivity contribution in [2.75, 3.05) is 11.1 Å². The zero-order valence-electron chi connectivity index (χ0n) is 10.3. The van der Waals surface area contributed by atoms with Crippen molar-refractivity contribution in [1.82, 2.24) is 4.98 Å². The Morgan fingerprint density at radius 1 is 1.25 bits per heavy atom. The van der Waals surface area contributed by atoms with Gasteiger partial charge >= 0.3 is 0 Å². The molecule has 3 aromatic rings. The topological polar surface area (TPSA) is 68.0 Å². The summed E-state index contributed by atoms with van der Waals surface area (Å²) >= 11 is 3.56. The summed E-state index contributed by atoms with van der Waals surface area (Å²) in [6.45, 7) is 0. The van der Waals surface area contributed by atoms with Crippen LogP contribution in [0.25, 0.3) is 10.2 Å². The number of rotatable bonds is 2. The Labute approximate surface area is 133 Å². The Morgan fingerprint density at radius 3 is 2.85 bits per heavy atom. The van der Waals surface area contributed by atoms with Crippen molar-refractivity contribution in [2.45, 2.75) is 0 Å². The van der Waals surface area contributed by atoms with Crippen LogP contribution in [0.5, 0.6) is 0 Å². The molecule has 0 atom stereocenters. The summed E-state index contributed by atoms with van der Waals surface area (Å²) in [7, 11) is 0. The molecule has 0 aliphatic carbocycles. The van der Waals surface area contributed by atoms with Crippen LogP contribution >= 0.6 is 33.9 Å². The quantitative estimate of drug-likeness (QED) is 0.513. The molecule has 0 saturated carbocycles. The van der Waals surface area contributed by atoms with E-state index in [4.69, 9.17) is 5.73 Å². The van der Waals surface area contributed by atoms with Crippen molar-refractivity contribution < 1.29 is 4.79 Å². The van der Waals surface area contributed by atoms with Crippen LogP contribution in [-0.4, -0.2) is 10.9 Å². The van der Waals surface area contributed by atoms with Gasteiger partial charge in [0.2, 0.25) is 0 Å². The molecule has 0 aliphatic rings. The second kappa shape index (κ2) is 5.37. The Morgan fingerprint density at radius 2 is 2.05 bits per heavy atom. The van der Waals surface area contributed by atoms with Crippen molar-refractivity contribution in [3.05, 3.63) is 51.6 Å². The van der Waals surface area contributed by atoms with Gasteiger partial charge in [-0.1, -0.05) is 23.5 Å². The Balaban J connectivity index is 1.89. The van der Waals surface area contributed by atoms with Crippen molar-refractivity contribution in [3.8, 4) is 0 Å². The van der Waals surface area contributed by atoms with E-state index in [9.17, 15) is 4.79 Å². The minimum absolute atomic E-state index is 0.151. The maximum Gasteiger partial charge on any atom is 0.258 e. The zero-order valence-corrected chi connectivity index (χ0v) is 13.2. The summed E-state index contributed by atoms with van der Waals surface area (Å²) in [6.07, 6.45) is 0. The SMILES string of the molecule is Nc1ccc2nc(NC(=O)c3ccccc3I)sc2c1. The second-order valence-electron chi connectivity index (χ2n) is 4.18. The molecule has 1 aromatic heterocycles. The highest BCUT2D eigenvalue weighted by molar-refractivity contribution is 14.1. The zero-order chi connectivity index (χ0) is 14.1. The maximum absolute atomic E-state index is 12.2. The molecule has 0 fully saturated rings. The van der Waals surface area contributed by atoms with Crippen LogP contribution in [0.3, 0.4) is 0 Å². The normalized spacial score (nSPS) is 10.7. The van der Waals surface area contributed by atoms with E-state index in [1.54, 1.807) is 12.1 Å². The number of carbonyl (C=O) groups is 1. The van der Waals surface area contributed by atoms with Gasteiger partial charge in [0.15, 0.2) is 5.13 Å². The molecular weight excluding hydrogens is 385 g/mol. The average Bonchev–Trinajstić information content (AvgIpc) is 2.80. The van der Waals surface area contributed by atoms with Gasteiger partial charge in [0, 0.05) is 9.26 Å². The molecule has 2 aromatic carbocycles. The fourth-order valence-electron chi connectivity index (χ4n) is 1.80. The van der Waals surface area contributed by atoms with E-state index in [1.807, 2.05) is 30.3 Å². The van der Waals surface area contributed by atoms with E-state index >= 15 is 0 Å². The molecule has 0 spiro atoms. The number of thiazole rings is 1. The molecule has 1 amide bonds. The van der Waals surface area contributed by atoms with E-state index in [0.717, 1.165) is 13.8 Å². The minimum Gasteiger partial charge on any atom is -0.399 e. The molecule has 0 unspecified atom stereocenters. The number of aromatic nitrogens is 1. The molecule has 0 radical (unpaired) electrons. The first kappa shape index (κ1) is 13.3. The Bertz CT molecular complexity index is 800. The van der Waals surface area contributed by atoms with Crippen LogP contribution in [0, 0.1) is 3.57 Å². The highest BCUT2D eigenvalue weighted by Gasteiger charge is 2.12. The van der Waals surface area contributed by atoms with Crippen LogP contribution < -0.4 is 11.1 Å². The van der Waals surface area contributed by atoms with Crippen LogP contribution in [0.2, 0.25) is 0 Å². The van der Waals surface area contributed by atoms with Gasteiger partial charge in [-0.05, 0) is 52.9 Å². The summed E-state index contributed by atoms with van der Waals surface area (Å²) in [5, 5.41) is 3.41. The van der Waals surface area contributed by atoms with Gasteiger partial charge in [-0.3, -0.25) is 10.1 Å². The number of carbonyl (C=O) groups excluding carboxylic acids is 1. The van der Waals surface area contributed by atoms with Crippen molar-refractivity contribution in [3.63, 3.8) is 0 Å². The number of nitrogens with one attached hydrogen (secondary N) is 1. The lowest BCUT2D eigenvalue weighted by molar-refractivity contribution is 0.102. The first-order valence-corrected chi connectivity index (χ1v) is 7.75. The van der Waals surface area contributed by atoms with Crippen LogP contribution in [-0.2, 0) is 0 Å². The van der Waals surface area contributed by atoms with E-state index in [-0.39, 0.29) is 5.91 Å². The summed E-state index contributed by atoms with van der Waals surface area (Å²) in [6, 6.07) is 12.9. The van der Waals surface area contributed by atoms with Crippen LogP contribution in [0.1, 0.15) is 10.4 Å². The smallest absolute Gasteiger partial charge is 0.258 e. The lowest BCUT2D eigenvalue weighted by atomic mass is 10.2. The third-order valence-corrected chi connectivity index (χ3v) is 4.63. The molecule has 20 heavy (non-hydrogen) atoms. The van der Waals surface area contributed by atoms with E-state index in [2.05, 4.69) is 32.9 Å². The number of benzene rings is 2. The number of fused-ring (bicyclic) bond motifs is 1. The minimum atomic E-state index is -0.151. The number of nitrogens with zero attached hydrogens (tertiary/aromatic N) is 1. The Hall–Kier alpha value is -1.67. The summed E-state index contributed by atoms with van der Waals surface area (Å²) in [4.78, 5) is 16.6. The first-order chi connectivity index (χ1) is 9.63. The van der Waals surface area contributed by atoms with Crippen molar-refractivity contribution in [2.24, 2.45) is 0 Å². The fraction of sp³-hybridized carbons (Fsp3) is 0. The number of hydrogen-bond donors (Lipinski definition) is 2. The molecular formula is C14H10IN3OS. The van der Waals surface area contributed by atoms with Crippen LogP contribution in [0.4, 0.5) is 10.8 Å². The van der Waals surface area contributed by atoms with E-state index < -0.39 is 0 Å². The number of nitrogens with two attached hydrogens (primary N) is 1. The molecule has 4 nitrogen and oxygen atoms in total. The van der Waals surface area contributed by atoms with Crippen molar-refractivity contribution in [1.29, 1.82) is 0 Å². The van der Waals surface area contributed by atoms with Gasteiger partial charge in [-0.2, -0.15) is 0 Å². The number of anilines is 2. The van der Waals surface area contributed by atoms with Crippen molar-refractivity contribution >= 4 is 60.9 Å². The summed E-state index contributed by atoms with van der Waals surface area (Å²) < 4.78 is 1.87. The number of amides is 1. The molecule has 6 heteroatoms. The van der Waals surface area contributed by atoms with Gasteiger partial charge in [0.25, 0.3) is 5.91 Å². The van der Waals surface area contributed by atoms with E-state index in [0.29, 0.717) is 16.4 Å². The van der Waals surface area contributed by atoms with Gasteiger partial charge in [-0.25, -0.2) is 4.98 Å². The fourth-order valence-corrected chi connectivity index (χ4v) is 3.35. The predicted octanol–water partition coefficient (Wildman–Crippen LogP) is 3.74. The third kappa shape index (κ3) is 2.61. The van der Waals surface area contributed by atoms with E-state index in [1.165, 1.54) is 11.3 Å². The van der Waals surface area contributed by atoms with Gasteiger partial charge in [-0.15, -0.1) is 0 Å². The molecule has 0 aliphatic heterocycles. The standard InChI is InChI=1S/C14H10IN3OS/c15-10-4-2-1-3-9(10)13(19)18-14-17-11-6-5-8(16)7-12(11)20-14/h1-7H,16H2,(H,17,18,19). The van der Waals surface area contributed by atoms with Crippen LogP contribution in [0.15, 0.2) is 42.5 Å². The number of nitrogen functional groups attached to an aromatic ring is 1. The molecule has 3 rings (SSSR count). The molecule has 1 heterocycles. The molecule has 0 saturated heterocycles. The van der Waals surface area contributed by atoms with Gasteiger partial charge in [0.1, 0.15) is 0 Å². The van der Waals surface area contributed by atoms with Gasteiger partial charge in [0.05, 0.1) is 15.8 Å². The summed E-state index contributed by atoms with van der Waals surface area (Å²) in [5.74, 6) is -0.151. The molecule has 3 N–H and O–H groups in total. The monoisotopic (exact) mass is 395 g/mol. The lowest BCUT2D eigenvalue weighted by Crippen LogP contribution is -2.12. The highest BCUT2D eigenvalue weighted by Crippen LogP contribution is 2.28. The third-order valence-electron chi connectivity index (χ3n) is 2.75. The lowest BCUT2D eigenvalue weighted by Gasteiger charge is -2.03. The number of halogens is 1. The number of hydrogen-bond acceptors (Lipinski definition) is 4.